The second kappa shape index (κ2) is 7.40. The van der Waals surface area contributed by atoms with Crippen LogP contribution in [0.5, 0.6) is 0 Å². The van der Waals surface area contributed by atoms with Crippen molar-refractivity contribution < 1.29 is 4.39 Å². The SMILES string of the molecule is NC[C@@H]1CN(Cc2ccn(-c3ccc(F)cc3)n2)C[C@H]1c1ccccc1. The van der Waals surface area contributed by atoms with Crippen molar-refractivity contribution in [3.8, 4) is 5.69 Å². The quantitative estimate of drug-likeness (QED) is 0.769. The number of halogens is 1. The minimum atomic E-state index is -0.238. The summed E-state index contributed by atoms with van der Waals surface area (Å²) in [4.78, 5) is 2.42. The lowest BCUT2D eigenvalue weighted by molar-refractivity contribution is 0.312. The minimum absolute atomic E-state index is 0.238. The minimum Gasteiger partial charge on any atom is -0.330 e. The van der Waals surface area contributed by atoms with Crippen LogP contribution in [0.25, 0.3) is 5.69 Å². The molecule has 1 aliphatic heterocycles. The molecule has 0 radical (unpaired) electrons. The summed E-state index contributed by atoms with van der Waals surface area (Å²) in [6.07, 6.45) is 1.92. The summed E-state index contributed by atoms with van der Waals surface area (Å²) in [6.45, 7) is 3.48. The highest BCUT2D eigenvalue weighted by Gasteiger charge is 2.32. The van der Waals surface area contributed by atoms with Crippen LogP contribution in [0.4, 0.5) is 4.39 Å². The first kappa shape index (κ1) is 16.9. The number of aromatic nitrogens is 2. The molecule has 4 nitrogen and oxygen atoms in total. The molecule has 0 amide bonds. The first-order valence-electron chi connectivity index (χ1n) is 9.01. The second-order valence-corrected chi connectivity index (χ2v) is 6.94. The average molecular weight is 350 g/mol. The van der Waals surface area contributed by atoms with E-state index in [2.05, 4.69) is 40.3 Å². The molecule has 0 saturated carbocycles. The number of benzene rings is 2. The first-order valence-corrected chi connectivity index (χ1v) is 9.01. The topological polar surface area (TPSA) is 47.1 Å². The Morgan fingerprint density at radius 3 is 2.50 bits per heavy atom. The lowest BCUT2D eigenvalue weighted by Crippen LogP contribution is -2.23. The van der Waals surface area contributed by atoms with Gasteiger partial charge in [0.05, 0.1) is 11.4 Å². The van der Waals surface area contributed by atoms with Crippen molar-refractivity contribution in [1.29, 1.82) is 0 Å². The summed E-state index contributed by atoms with van der Waals surface area (Å²) >= 11 is 0. The van der Waals surface area contributed by atoms with Gasteiger partial charge in [-0.3, -0.25) is 4.90 Å². The van der Waals surface area contributed by atoms with Crippen molar-refractivity contribution in [1.82, 2.24) is 14.7 Å². The van der Waals surface area contributed by atoms with E-state index in [1.54, 1.807) is 16.8 Å². The van der Waals surface area contributed by atoms with E-state index in [0.717, 1.165) is 31.0 Å². The number of nitrogens with two attached hydrogens (primary N) is 1. The number of likely N-dealkylation sites (tertiary alicyclic amines) is 1. The zero-order valence-electron chi connectivity index (χ0n) is 14.6. The van der Waals surface area contributed by atoms with Crippen LogP contribution in [0.3, 0.4) is 0 Å². The van der Waals surface area contributed by atoms with E-state index >= 15 is 0 Å². The number of nitrogens with zero attached hydrogens (tertiary/aromatic N) is 3. The molecule has 134 valence electrons. The lowest BCUT2D eigenvalue weighted by Gasteiger charge is -2.16. The Morgan fingerprint density at radius 2 is 1.77 bits per heavy atom. The fraction of sp³-hybridized carbons (Fsp3) is 0.286. The molecule has 2 heterocycles. The molecular formula is C21H23FN4. The maximum Gasteiger partial charge on any atom is 0.123 e. The third-order valence-corrected chi connectivity index (χ3v) is 5.17. The normalized spacial score (nSPS) is 20.5. The van der Waals surface area contributed by atoms with E-state index < -0.39 is 0 Å². The van der Waals surface area contributed by atoms with Gasteiger partial charge in [0.15, 0.2) is 0 Å². The van der Waals surface area contributed by atoms with Crippen molar-refractivity contribution in [2.45, 2.75) is 12.5 Å². The van der Waals surface area contributed by atoms with Gasteiger partial charge in [-0.05, 0) is 48.4 Å². The van der Waals surface area contributed by atoms with E-state index in [1.807, 2.05) is 12.3 Å². The maximum atomic E-state index is 13.1. The summed E-state index contributed by atoms with van der Waals surface area (Å²) in [7, 11) is 0. The van der Waals surface area contributed by atoms with Gasteiger partial charge in [-0.15, -0.1) is 0 Å². The predicted octanol–water partition coefficient (Wildman–Crippen LogP) is 3.19. The Labute approximate surface area is 153 Å². The molecule has 5 heteroatoms. The molecule has 0 unspecified atom stereocenters. The molecule has 1 aromatic heterocycles. The van der Waals surface area contributed by atoms with Gasteiger partial charge in [0, 0.05) is 31.7 Å². The zero-order chi connectivity index (χ0) is 17.9. The molecule has 3 aromatic rings. The van der Waals surface area contributed by atoms with Crippen molar-refractivity contribution in [3.63, 3.8) is 0 Å². The van der Waals surface area contributed by atoms with E-state index in [-0.39, 0.29) is 5.82 Å². The molecule has 1 fully saturated rings. The summed E-state index contributed by atoms with van der Waals surface area (Å²) < 4.78 is 14.9. The summed E-state index contributed by atoms with van der Waals surface area (Å²) in [5, 5.41) is 4.64. The highest BCUT2D eigenvalue weighted by atomic mass is 19.1. The monoisotopic (exact) mass is 350 g/mol. The molecule has 1 aliphatic rings. The van der Waals surface area contributed by atoms with Gasteiger partial charge < -0.3 is 5.73 Å². The van der Waals surface area contributed by atoms with Crippen LogP contribution in [0.2, 0.25) is 0 Å². The molecule has 2 N–H and O–H groups in total. The van der Waals surface area contributed by atoms with Gasteiger partial charge in [0.2, 0.25) is 0 Å². The zero-order valence-corrected chi connectivity index (χ0v) is 14.6. The Kier molecular flexibility index (Phi) is 4.82. The van der Waals surface area contributed by atoms with Crippen molar-refractivity contribution >= 4 is 0 Å². The van der Waals surface area contributed by atoms with Crippen LogP contribution < -0.4 is 5.73 Å². The first-order chi connectivity index (χ1) is 12.7. The van der Waals surface area contributed by atoms with Gasteiger partial charge >= 0.3 is 0 Å². The smallest absolute Gasteiger partial charge is 0.123 e. The molecule has 0 spiro atoms. The number of hydrogen-bond acceptors (Lipinski definition) is 3. The van der Waals surface area contributed by atoms with Gasteiger partial charge in [-0.25, -0.2) is 9.07 Å². The Hall–Kier alpha value is -2.50. The van der Waals surface area contributed by atoms with E-state index in [4.69, 9.17) is 5.73 Å². The highest BCUT2D eigenvalue weighted by Crippen LogP contribution is 2.32. The van der Waals surface area contributed by atoms with Gasteiger partial charge in [0.1, 0.15) is 5.82 Å². The molecular weight excluding hydrogens is 327 g/mol. The van der Waals surface area contributed by atoms with E-state index in [1.165, 1.54) is 17.7 Å². The van der Waals surface area contributed by atoms with E-state index in [9.17, 15) is 4.39 Å². The largest absolute Gasteiger partial charge is 0.330 e. The van der Waals surface area contributed by atoms with Crippen molar-refractivity contribution in [3.05, 3.63) is 83.9 Å². The highest BCUT2D eigenvalue weighted by molar-refractivity contribution is 5.31. The summed E-state index contributed by atoms with van der Waals surface area (Å²) in [5.74, 6) is 0.704. The Balaban J connectivity index is 1.46. The van der Waals surface area contributed by atoms with Crippen LogP contribution in [-0.4, -0.2) is 34.3 Å². The maximum absolute atomic E-state index is 13.1. The summed E-state index contributed by atoms with van der Waals surface area (Å²) in [5.41, 5.74) is 9.27. The second-order valence-electron chi connectivity index (χ2n) is 6.94. The third-order valence-electron chi connectivity index (χ3n) is 5.17. The Bertz CT molecular complexity index is 844. The lowest BCUT2D eigenvalue weighted by atomic mass is 9.89. The molecule has 4 rings (SSSR count). The van der Waals surface area contributed by atoms with E-state index in [0.29, 0.717) is 18.4 Å². The fourth-order valence-electron chi connectivity index (χ4n) is 3.82. The standard InChI is InChI=1S/C21H23FN4/c22-18-6-8-20(9-7-18)26-11-10-19(24-26)14-25-13-17(12-23)21(15-25)16-4-2-1-3-5-16/h1-11,17,21H,12-15,23H2/t17-,21+/m1/s1. The third kappa shape index (κ3) is 3.54. The average Bonchev–Trinajstić information content (AvgIpc) is 3.30. The van der Waals surface area contributed by atoms with Crippen LogP contribution in [-0.2, 0) is 6.54 Å². The molecule has 0 aliphatic carbocycles. The van der Waals surface area contributed by atoms with Crippen molar-refractivity contribution in [2.75, 3.05) is 19.6 Å². The molecule has 2 atom stereocenters. The van der Waals surface area contributed by atoms with Gasteiger partial charge in [0.25, 0.3) is 0 Å². The van der Waals surface area contributed by atoms with Crippen LogP contribution in [0, 0.1) is 11.7 Å². The van der Waals surface area contributed by atoms with Crippen LogP contribution in [0.1, 0.15) is 17.2 Å². The summed E-state index contributed by atoms with van der Waals surface area (Å²) in [6, 6.07) is 19.0. The van der Waals surface area contributed by atoms with Gasteiger partial charge in [-0.1, -0.05) is 30.3 Å². The van der Waals surface area contributed by atoms with Crippen LogP contribution in [0.15, 0.2) is 66.9 Å². The molecule has 0 bridgehead atoms. The molecule has 1 saturated heterocycles. The Morgan fingerprint density at radius 1 is 1.00 bits per heavy atom. The van der Waals surface area contributed by atoms with Gasteiger partial charge in [-0.2, -0.15) is 5.10 Å². The number of hydrogen-bond donors (Lipinski definition) is 1. The fourth-order valence-corrected chi connectivity index (χ4v) is 3.82. The van der Waals surface area contributed by atoms with Crippen molar-refractivity contribution in [2.24, 2.45) is 11.7 Å². The molecule has 26 heavy (non-hydrogen) atoms. The predicted molar refractivity (Wildman–Crippen MR) is 101 cm³/mol. The number of rotatable bonds is 5. The van der Waals surface area contributed by atoms with Crippen LogP contribution >= 0.6 is 0 Å². The molecule has 2 aromatic carbocycles.